The molecule has 0 aromatic heterocycles. The van der Waals surface area contributed by atoms with Crippen LogP contribution < -0.4 is 0 Å². The van der Waals surface area contributed by atoms with E-state index in [1.54, 1.807) is 0 Å². The smallest absolute Gasteiger partial charge is 0.303 e. The molecule has 0 radical (unpaired) electrons. The van der Waals surface area contributed by atoms with Gasteiger partial charge in [-0.3, -0.25) is 9.59 Å². The molecule has 0 heterocycles. The molecule has 1 aliphatic rings. The maximum absolute atomic E-state index is 10.7. The van der Waals surface area contributed by atoms with Crippen LogP contribution in [0, 0.1) is 10.8 Å². The van der Waals surface area contributed by atoms with Crippen molar-refractivity contribution in [2.24, 2.45) is 10.8 Å². The maximum Gasteiger partial charge on any atom is 0.303 e. The molecule has 0 amide bonds. The number of aliphatic hydroxyl groups is 1. The van der Waals surface area contributed by atoms with Crippen molar-refractivity contribution in [2.45, 2.75) is 103 Å². The number of rotatable bonds is 17. The Hall–Kier alpha value is -1.10. The summed E-state index contributed by atoms with van der Waals surface area (Å²) in [6.45, 7) is 5.31. The van der Waals surface area contributed by atoms with Gasteiger partial charge in [0.05, 0.1) is 12.7 Å². The van der Waals surface area contributed by atoms with E-state index in [4.69, 9.17) is 9.84 Å². The second-order valence-corrected chi connectivity index (χ2v) is 8.92. The molecule has 1 fully saturated rings. The number of carboxylic acid groups (broad SMARTS) is 1. The number of carboxylic acids is 1. The number of ether oxygens (including phenoxy) is 1. The first-order chi connectivity index (χ1) is 12.3. The molecule has 1 aliphatic carbocycles. The van der Waals surface area contributed by atoms with Crippen molar-refractivity contribution in [3.8, 4) is 0 Å². The van der Waals surface area contributed by atoms with Gasteiger partial charge < -0.3 is 14.9 Å². The van der Waals surface area contributed by atoms with Gasteiger partial charge in [-0.05, 0) is 62.2 Å². The van der Waals surface area contributed by atoms with E-state index in [1.807, 2.05) is 0 Å². The highest BCUT2D eigenvalue weighted by molar-refractivity contribution is 5.66. The van der Waals surface area contributed by atoms with E-state index in [9.17, 15) is 14.7 Å². The third-order valence-electron chi connectivity index (χ3n) is 5.93. The average molecular weight is 371 g/mol. The zero-order chi connectivity index (χ0) is 19.5. The summed E-state index contributed by atoms with van der Waals surface area (Å²) >= 11 is 0. The van der Waals surface area contributed by atoms with Gasteiger partial charge in [-0.15, -0.1) is 0 Å². The fourth-order valence-electron chi connectivity index (χ4n) is 3.70. The van der Waals surface area contributed by atoms with Crippen LogP contribution in [0.4, 0.5) is 0 Å². The summed E-state index contributed by atoms with van der Waals surface area (Å²) in [5.74, 6) is -0.724. The molecule has 5 nitrogen and oxygen atoms in total. The predicted octanol–water partition coefficient (Wildman–Crippen LogP) is 4.70. The molecular weight excluding hydrogens is 332 g/mol. The van der Waals surface area contributed by atoms with Crippen molar-refractivity contribution in [3.05, 3.63) is 0 Å². The van der Waals surface area contributed by atoms with Crippen LogP contribution in [0.2, 0.25) is 0 Å². The Morgan fingerprint density at radius 1 is 1.12 bits per heavy atom. The van der Waals surface area contributed by atoms with E-state index in [0.29, 0.717) is 24.9 Å². The molecule has 2 N–H and O–H groups in total. The third-order valence-corrected chi connectivity index (χ3v) is 5.93. The number of carbonyl (C=O) groups excluding carboxylic acids is 1. The zero-order valence-corrected chi connectivity index (χ0v) is 16.7. The first kappa shape index (κ1) is 22.9. The van der Waals surface area contributed by atoms with Crippen LogP contribution in [-0.2, 0) is 14.3 Å². The van der Waals surface area contributed by atoms with Crippen molar-refractivity contribution in [1.29, 1.82) is 0 Å². The number of aliphatic hydroxyl groups excluding tert-OH is 1. The molecule has 0 aliphatic heterocycles. The SMILES string of the molecule is CC(C)(CCCCC(O)CCCCC1(CCOC=O)CC1)CCC(=O)O. The van der Waals surface area contributed by atoms with E-state index in [0.717, 1.165) is 51.4 Å². The monoisotopic (exact) mass is 370 g/mol. The van der Waals surface area contributed by atoms with Crippen LogP contribution >= 0.6 is 0 Å². The number of hydrogen-bond acceptors (Lipinski definition) is 4. The second kappa shape index (κ2) is 11.6. The van der Waals surface area contributed by atoms with Gasteiger partial charge in [0.2, 0.25) is 0 Å². The lowest BCUT2D eigenvalue weighted by Crippen LogP contribution is -2.14. The maximum atomic E-state index is 10.7. The Kier molecular flexibility index (Phi) is 10.2. The van der Waals surface area contributed by atoms with Gasteiger partial charge in [0, 0.05) is 6.42 Å². The highest BCUT2D eigenvalue weighted by Crippen LogP contribution is 2.52. The number of aliphatic carboxylic acids is 1. The topological polar surface area (TPSA) is 83.8 Å². The molecule has 26 heavy (non-hydrogen) atoms. The lowest BCUT2D eigenvalue weighted by atomic mass is 9.82. The minimum atomic E-state index is -0.724. The lowest BCUT2D eigenvalue weighted by Gasteiger charge is -2.24. The minimum absolute atomic E-state index is 0.0650. The molecule has 152 valence electrons. The fourth-order valence-corrected chi connectivity index (χ4v) is 3.70. The molecule has 1 saturated carbocycles. The molecule has 0 aromatic rings. The van der Waals surface area contributed by atoms with E-state index in [-0.39, 0.29) is 17.9 Å². The summed E-state index contributed by atoms with van der Waals surface area (Å²) in [6, 6.07) is 0. The summed E-state index contributed by atoms with van der Waals surface area (Å²) in [4.78, 5) is 20.9. The Bertz CT molecular complexity index is 415. The fraction of sp³-hybridized carbons (Fsp3) is 0.905. The Balaban J connectivity index is 2.01. The van der Waals surface area contributed by atoms with Gasteiger partial charge in [0.1, 0.15) is 0 Å². The van der Waals surface area contributed by atoms with Crippen LogP contribution in [0.5, 0.6) is 0 Å². The van der Waals surface area contributed by atoms with Gasteiger partial charge >= 0.3 is 5.97 Å². The first-order valence-corrected chi connectivity index (χ1v) is 10.2. The highest BCUT2D eigenvalue weighted by Gasteiger charge is 2.41. The first-order valence-electron chi connectivity index (χ1n) is 10.2. The Morgan fingerprint density at radius 3 is 2.35 bits per heavy atom. The summed E-state index contributed by atoms with van der Waals surface area (Å²) < 4.78 is 4.81. The number of unbranched alkanes of at least 4 members (excludes halogenated alkanes) is 2. The van der Waals surface area contributed by atoms with Crippen molar-refractivity contribution in [3.63, 3.8) is 0 Å². The molecule has 0 spiro atoms. The normalized spacial score (nSPS) is 16.9. The number of carbonyl (C=O) groups is 2. The third kappa shape index (κ3) is 10.8. The van der Waals surface area contributed by atoms with Gasteiger partial charge in [-0.25, -0.2) is 0 Å². The van der Waals surface area contributed by atoms with E-state index in [2.05, 4.69) is 13.8 Å². The van der Waals surface area contributed by atoms with Crippen molar-refractivity contribution in [2.75, 3.05) is 6.61 Å². The van der Waals surface area contributed by atoms with Crippen molar-refractivity contribution in [1.82, 2.24) is 0 Å². The van der Waals surface area contributed by atoms with Crippen molar-refractivity contribution < 1.29 is 24.5 Å². The lowest BCUT2D eigenvalue weighted by molar-refractivity contribution is -0.137. The molecule has 1 atom stereocenters. The summed E-state index contributed by atoms with van der Waals surface area (Å²) in [6.07, 6.45) is 12.3. The molecule has 1 unspecified atom stereocenters. The van der Waals surface area contributed by atoms with E-state index in [1.165, 1.54) is 19.3 Å². The summed E-state index contributed by atoms with van der Waals surface area (Å²) in [7, 11) is 0. The molecule has 0 saturated heterocycles. The standard InChI is InChI=1S/C21H38O5/c1-20(2,12-9-19(24)25)10-5-3-7-18(23)8-4-6-11-21(13-14-21)15-16-26-17-22/h17-18,23H,3-16H2,1-2H3,(H,24,25). The molecular formula is C21H38O5. The van der Waals surface area contributed by atoms with Gasteiger partial charge in [-0.1, -0.05) is 39.5 Å². The quantitative estimate of drug-likeness (QED) is 0.286. The Morgan fingerprint density at radius 2 is 1.77 bits per heavy atom. The minimum Gasteiger partial charge on any atom is -0.481 e. The molecule has 5 heteroatoms. The zero-order valence-electron chi connectivity index (χ0n) is 16.7. The van der Waals surface area contributed by atoms with Crippen LogP contribution in [0.1, 0.15) is 97.3 Å². The largest absolute Gasteiger partial charge is 0.481 e. The van der Waals surface area contributed by atoms with Crippen LogP contribution in [0.3, 0.4) is 0 Å². The second-order valence-electron chi connectivity index (χ2n) is 8.92. The Labute approximate surface area is 158 Å². The van der Waals surface area contributed by atoms with Crippen LogP contribution in [-0.4, -0.2) is 35.4 Å². The van der Waals surface area contributed by atoms with Crippen LogP contribution in [0.15, 0.2) is 0 Å². The van der Waals surface area contributed by atoms with Crippen molar-refractivity contribution >= 4 is 12.4 Å². The predicted molar refractivity (Wildman–Crippen MR) is 102 cm³/mol. The van der Waals surface area contributed by atoms with Crippen LogP contribution in [0.25, 0.3) is 0 Å². The summed E-state index contributed by atoms with van der Waals surface area (Å²) in [5, 5.41) is 18.9. The van der Waals surface area contributed by atoms with Gasteiger partial charge in [0.25, 0.3) is 6.47 Å². The summed E-state index contributed by atoms with van der Waals surface area (Å²) in [5.41, 5.74) is 0.477. The van der Waals surface area contributed by atoms with Gasteiger partial charge in [0.15, 0.2) is 0 Å². The van der Waals surface area contributed by atoms with Gasteiger partial charge in [-0.2, -0.15) is 0 Å². The molecule has 0 aromatic carbocycles. The average Bonchev–Trinajstić information content (AvgIpc) is 3.34. The van der Waals surface area contributed by atoms with E-state index < -0.39 is 5.97 Å². The number of hydrogen-bond donors (Lipinski definition) is 2. The highest BCUT2D eigenvalue weighted by atomic mass is 16.5. The van der Waals surface area contributed by atoms with E-state index >= 15 is 0 Å². The molecule has 1 rings (SSSR count). The molecule has 0 bridgehead atoms.